The zero-order valence-electron chi connectivity index (χ0n) is 15.0. The molecule has 1 N–H and O–H groups in total. The fourth-order valence-corrected chi connectivity index (χ4v) is 2.97. The molecule has 9 heteroatoms. The van der Waals surface area contributed by atoms with Gasteiger partial charge in [0.2, 0.25) is 0 Å². The number of rotatable bonds is 4. The van der Waals surface area contributed by atoms with E-state index in [1.165, 1.54) is 37.4 Å². The van der Waals surface area contributed by atoms with Gasteiger partial charge in [-0.1, -0.05) is 0 Å². The number of alkyl halides is 3. The minimum Gasteiger partial charge on any atom is -0.465 e. The predicted octanol–water partition coefficient (Wildman–Crippen LogP) is 2.90. The summed E-state index contributed by atoms with van der Waals surface area (Å²) < 4.78 is 42.5. The van der Waals surface area contributed by atoms with Crippen LogP contribution in [-0.2, 0) is 10.9 Å². The Bertz CT molecular complexity index is 851. The highest BCUT2D eigenvalue weighted by Crippen LogP contribution is 2.29. The largest absolute Gasteiger partial charge is 0.465 e. The Morgan fingerprint density at radius 1 is 1.14 bits per heavy atom. The van der Waals surface area contributed by atoms with Crippen LogP contribution in [0.2, 0.25) is 0 Å². The average Bonchev–Trinajstić information content (AvgIpc) is 3.15. The number of benzene rings is 1. The van der Waals surface area contributed by atoms with Gasteiger partial charge in [-0.25, -0.2) is 9.78 Å². The summed E-state index contributed by atoms with van der Waals surface area (Å²) in [6.07, 6.45) is -2.96. The number of carbonyl (C=O) groups is 2. The minimum atomic E-state index is -4.42. The van der Waals surface area contributed by atoms with Crippen LogP contribution in [0.3, 0.4) is 0 Å². The van der Waals surface area contributed by atoms with Crippen molar-refractivity contribution in [2.24, 2.45) is 0 Å². The standard InChI is InChI=1S/C19H18F3N3O3/c1-28-18(27)13-4-2-12(3-5-13)17(26)24-15-8-9-25(11-15)16-7-6-14(10-23-16)19(20,21)22/h2-7,10,15H,8-9,11H2,1H3,(H,24,26)/t15-/m1/s1. The van der Waals surface area contributed by atoms with Crippen molar-refractivity contribution in [1.82, 2.24) is 10.3 Å². The molecule has 0 bridgehead atoms. The summed E-state index contributed by atoms with van der Waals surface area (Å²) >= 11 is 0. The maximum absolute atomic E-state index is 12.6. The molecule has 0 unspecified atom stereocenters. The molecule has 2 aromatic rings. The number of nitrogens with one attached hydrogen (secondary N) is 1. The molecule has 148 valence electrons. The van der Waals surface area contributed by atoms with E-state index in [9.17, 15) is 22.8 Å². The van der Waals surface area contributed by atoms with Crippen molar-refractivity contribution in [1.29, 1.82) is 0 Å². The number of anilines is 1. The lowest BCUT2D eigenvalue weighted by Gasteiger charge is -2.18. The number of nitrogens with zero attached hydrogens (tertiary/aromatic N) is 2. The van der Waals surface area contributed by atoms with Gasteiger partial charge in [0.1, 0.15) is 5.82 Å². The summed E-state index contributed by atoms with van der Waals surface area (Å²) in [4.78, 5) is 29.5. The van der Waals surface area contributed by atoms with Gasteiger partial charge in [0.15, 0.2) is 0 Å². The van der Waals surface area contributed by atoms with Crippen LogP contribution in [0.15, 0.2) is 42.6 Å². The van der Waals surface area contributed by atoms with E-state index in [-0.39, 0.29) is 11.9 Å². The first-order valence-corrected chi connectivity index (χ1v) is 8.55. The molecular formula is C19H18F3N3O3. The smallest absolute Gasteiger partial charge is 0.417 e. The molecule has 0 radical (unpaired) electrons. The van der Waals surface area contributed by atoms with Gasteiger partial charge in [0, 0.05) is 30.9 Å². The van der Waals surface area contributed by atoms with Crippen molar-refractivity contribution in [3.63, 3.8) is 0 Å². The molecule has 0 saturated carbocycles. The van der Waals surface area contributed by atoms with E-state index < -0.39 is 17.7 Å². The van der Waals surface area contributed by atoms with Crippen LogP contribution >= 0.6 is 0 Å². The zero-order valence-corrected chi connectivity index (χ0v) is 15.0. The van der Waals surface area contributed by atoms with E-state index >= 15 is 0 Å². The monoisotopic (exact) mass is 393 g/mol. The molecule has 1 atom stereocenters. The van der Waals surface area contributed by atoms with Gasteiger partial charge in [-0.15, -0.1) is 0 Å². The van der Waals surface area contributed by atoms with E-state index in [0.717, 1.165) is 12.3 Å². The van der Waals surface area contributed by atoms with Crippen LogP contribution in [-0.4, -0.2) is 43.1 Å². The normalized spacial score (nSPS) is 16.7. The van der Waals surface area contributed by atoms with Gasteiger partial charge in [-0.3, -0.25) is 4.79 Å². The minimum absolute atomic E-state index is 0.156. The number of hydrogen-bond acceptors (Lipinski definition) is 5. The number of amides is 1. The summed E-state index contributed by atoms with van der Waals surface area (Å²) in [5, 5.41) is 2.89. The maximum atomic E-state index is 12.6. The highest BCUT2D eigenvalue weighted by Gasteiger charge is 2.31. The number of methoxy groups -OCH3 is 1. The molecule has 1 aliphatic rings. The third-order valence-electron chi connectivity index (χ3n) is 4.49. The van der Waals surface area contributed by atoms with Crippen LogP contribution < -0.4 is 10.2 Å². The van der Waals surface area contributed by atoms with Crippen LogP contribution in [0, 0.1) is 0 Å². The fraction of sp³-hybridized carbons (Fsp3) is 0.316. The summed E-state index contributed by atoms with van der Waals surface area (Å²) in [5.74, 6) is -0.335. The highest BCUT2D eigenvalue weighted by atomic mass is 19.4. The zero-order chi connectivity index (χ0) is 20.3. The molecule has 3 rings (SSSR count). The molecule has 28 heavy (non-hydrogen) atoms. The molecule has 2 heterocycles. The number of pyridine rings is 1. The first-order valence-electron chi connectivity index (χ1n) is 8.55. The van der Waals surface area contributed by atoms with Gasteiger partial charge in [0.25, 0.3) is 5.91 Å². The Morgan fingerprint density at radius 3 is 2.39 bits per heavy atom. The van der Waals surface area contributed by atoms with Crippen molar-refractivity contribution in [2.75, 3.05) is 25.1 Å². The molecule has 0 aliphatic carbocycles. The molecular weight excluding hydrogens is 375 g/mol. The third kappa shape index (κ3) is 4.41. The molecule has 0 spiro atoms. The fourth-order valence-electron chi connectivity index (χ4n) is 2.97. The Morgan fingerprint density at radius 2 is 1.82 bits per heavy atom. The highest BCUT2D eigenvalue weighted by molar-refractivity contribution is 5.96. The van der Waals surface area contributed by atoms with Crippen LogP contribution in [0.5, 0.6) is 0 Å². The van der Waals surface area contributed by atoms with Crippen molar-refractivity contribution in [3.8, 4) is 0 Å². The Kier molecular flexibility index (Phi) is 5.53. The summed E-state index contributed by atoms with van der Waals surface area (Å²) in [5.41, 5.74) is -0.0473. The Hall–Kier alpha value is -3.10. The maximum Gasteiger partial charge on any atom is 0.417 e. The van der Waals surface area contributed by atoms with E-state index in [1.54, 1.807) is 0 Å². The third-order valence-corrected chi connectivity index (χ3v) is 4.49. The van der Waals surface area contributed by atoms with Gasteiger partial charge < -0.3 is 15.0 Å². The SMILES string of the molecule is COC(=O)c1ccc(C(=O)N[C@@H]2CCN(c3ccc(C(F)(F)F)cn3)C2)cc1. The number of ether oxygens (including phenoxy) is 1. The number of esters is 1. The predicted molar refractivity (Wildman–Crippen MR) is 95.1 cm³/mol. The van der Waals surface area contributed by atoms with E-state index in [0.29, 0.717) is 36.5 Å². The van der Waals surface area contributed by atoms with E-state index in [2.05, 4.69) is 15.0 Å². The lowest BCUT2D eigenvalue weighted by Crippen LogP contribution is -2.37. The van der Waals surface area contributed by atoms with Crippen LogP contribution in [0.4, 0.5) is 19.0 Å². The molecule has 1 amide bonds. The first kappa shape index (κ1) is 19.7. The molecule has 1 saturated heterocycles. The van der Waals surface area contributed by atoms with Gasteiger partial charge in [0.05, 0.1) is 18.2 Å². The second kappa shape index (κ2) is 7.87. The Balaban J connectivity index is 1.58. The molecule has 1 fully saturated rings. The Labute approximate surface area is 159 Å². The van der Waals surface area contributed by atoms with Crippen LogP contribution in [0.25, 0.3) is 0 Å². The van der Waals surface area contributed by atoms with Gasteiger partial charge in [-0.2, -0.15) is 13.2 Å². The lowest BCUT2D eigenvalue weighted by atomic mass is 10.1. The summed E-state index contributed by atoms with van der Waals surface area (Å²) in [7, 11) is 1.28. The quantitative estimate of drug-likeness (QED) is 0.809. The molecule has 6 nitrogen and oxygen atoms in total. The number of aromatic nitrogens is 1. The van der Waals surface area contributed by atoms with E-state index in [4.69, 9.17) is 0 Å². The number of halogens is 3. The summed E-state index contributed by atoms with van der Waals surface area (Å²) in [6, 6.07) is 8.26. The van der Waals surface area contributed by atoms with Gasteiger partial charge >= 0.3 is 12.1 Å². The van der Waals surface area contributed by atoms with Crippen molar-refractivity contribution in [3.05, 3.63) is 59.3 Å². The second-order valence-electron chi connectivity index (χ2n) is 6.38. The van der Waals surface area contributed by atoms with Crippen molar-refractivity contribution >= 4 is 17.7 Å². The van der Waals surface area contributed by atoms with E-state index in [1.807, 2.05) is 4.90 Å². The number of hydrogen-bond donors (Lipinski definition) is 1. The van der Waals surface area contributed by atoms with Crippen LogP contribution in [0.1, 0.15) is 32.7 Å². The molecule has 1 aliphatic heterocycles. The lowest BCUT2D eigenvalue weighted by molar-refractivity contribution is -0.137. The second-order valence-corrected chi connectivity index (χ2v) is 6.38. The summed E-state index contributed by atoms with van der Waals surface area (Å²) in [6.45, 7) is 1.02. The van der Waals surface area contributed by atoms with Gasteiger partial charge in [-0.05, 0) is 42.8 Å². The average molecular weight is 393 g/mol. The molecule has 1 aromatic heterocycles. The topological polar surface area (TPSA) is 71.5 Å². The molecule has 1 aromatic carbocycles. The van der Waals surface area contributed by atoms with Crippen molar-refractivity contribution < 1.29 is 27.5 Å². The first-order chi connectivity index (χ1) is 13.3. The van der Waals surface area contributed by atoms with Crippen molar-refractivity contribution in [2.45, 2.75) is 18.6 Å². The number of carbonyl (C=O) groups excluding carboxylic acids is 2.